The van der Waals surface area contributed by atoms with Crippen LogP contribution in [-0.2, 0) is 6.42 Å². The van der Waals surface area contributed by atoms with Crippen LogP contribution < -0.4 is 5.32 Å². The van der Waals surface area contributed by atoms with Crippen molar-refractivity contribution in [2.24, 2.45) is 0 Å². The number of hydrogen-bond acceptors (Lipinski definition) is 2. The maximum Gasteiger partial charge on any atom is 0.127 e. The molecule has 1 aliphatic carbocycles. The van der Waals surface area contributed by atoms with Gasteiger partial charge in [0, 0.05) is 5.39 Å². The number of nitrogens with one attached hydrogen (secondary N) is 1. The first-order valence-electron chi connectivity index (χ1n) is 7.01. The highest BCUT2D eigenvalue weighted by Gasteiger charge is 2.21. The highest BCUT2D eigenvalue weighted by atomic mass is 15.0. The lowest BCUT2D eigenvalue weighted by Gasteiger charge is -2.15. The molecule has 1 N–H and O–H groups in total. The van der Waals surface area contributed by atoms with Crippen LogP contribution in [0.15, 0.2) is 54.6 Å². The molecule has 2 heteroatoms. The van der Waals surface area contributed by atoms with Crippen molar-refractivity contribution in [3.05, 3.63) is 71.8 Å². The molecule has 0 saturated carbocycles. The summed E-state index contributed by atoms with van der Waals surface area (Å²) in [4.78, 5) is 4.68. The second-order valence-corrected chi connectivity index (χ2v) is 5.25. The fourth-order valence-corrected chi connectivity index (χ4v) is 2.97. The molecule has 3 aromatic rings. The average Bonchev–Trinajstić information content (AvgIpc) is 2.91. The minimum absolute atomic E-state index is 0.381. The molecular weight excluding hydrogens is 244 g/mol. The van der Waals surface area contributed by atoms with Gasteiger partial charge in [-0.2, -0.15) is 0 Å². The molecule has 0 amide bonds. The summed E-state index contributed by atoms with van der Waals surface area (Å²) in [7, 11) is 0. The number of fused-ring (bicyclic) bond motifs is 2. The van der Waals surface area contributed by atoms with Gasteiger partial charge >= 0.3 is 0 Å². The van der Waals surface area contributed by atoms with E-state index in [1.165, 1.54) is 11.1 Å². The summed E-state index contributed by atoms with van der Waals surface area (Å²) in [6.45, 7) is 0. The van der Waals surface area contributed by atoms with E-state index in [0.29, 0.717) is 6.04 Å². The zero-order valence-corrected chi connectivity index (χ0v) is 11.1. The van der Waals surface area contributed by atoms with E-state index in [4.69, 9.17) is 0 Å². The maximum atomic E-state index is 4.68. The van der Waals surface area contributed by atoms with Gasteiger partial charge in [0.1, 0.15) is 5.82 Å². The third-order valence-electron chi connectivity index (χ3n) is 3.99. The number of pyridine rings is 1. The fraction of sp³-hybridized carbons (Fsp3) is 0.167. The molecule has 20 heavy (non-hydrogen) atoms. The largest absolute Gasteiger partial charge is 0.363 e. The molecule has 1 heterocycles. The highest BCUT2D eigenvalue weighted by Crippen LogP contribution is 2.33. The lowest BCUT2D eigenvalue weighted by molar-refractivity contribution is 0.758. The molecule has 0 bridgehead atoms. The van der Waals surface area contributed by atoms with Crippen LogP contribution in [0.3, 0.4) is 0 Å². The van der Waals surface area contributed by atoms with E-state index >= 15 is 0 Å². The van der Waals surface area contributed by atoms with Gasteiger partial charge in [-0.05, 0) is 54.3 Å². The number of aryl methyl sites for hydroxylation is 1. The van der Waals surface area contributed by atoms with Gasteiger partial charge in [-0.1, -0.05) is 30.3 Å². The number of nitrogens with zero attached hydrogens (tertiary/aromatic N) is 1. The second kappa shape index (κ2) is 4.64. The number of benzene rings is 2. The minimum atomic E-state index is 0.381. The normalized spacial score (nSPS) is 17.1. The molecule has 4 rings (SSSR count). The molecule has 1 aromatic heterocycles. The molecule has 0 unspecified atom stereocenters. The first-order chi connectivity index (χ1) is 9.90. The topological polar surface area (TPSA) is 24.9 Å². The van der Waals surface area contributed by atoms with Gasteiger partial charge < -0.3 is 5.32 Å². The SMILES string of the molecule is [c]1ccc2nc(N[C@@H]3CCc4ccccc43)ccc2c1. The molecular formula is C18H15N2. The van der Waals surface area contributed by atoms with Crippen LogP contribution in [-0.4, -0.2) is 4.98 Å². The second-order valence-electron chi connectivity index (χ2n) is 5.25. The Morgan fingerprint density at radius 2 is 2.05 bits per heavy atom. The van der Waals surface area contributed by atoms with Crippen LogP contribution in [0, 0.1) is 6.07 Å². The van der Waals surface area contributed by atoms with Gasteiger partial charge in [-0.3, -0.25) is 0 Å². The van der Waals surface area contributed by atoms with Gasteiger partial charge in [0.05, 0.1) is 11.6 Å². The van der Waals surface area contributed by atoms with E-state index < -0.39 is 0 Å². The number of hydrogen-bond donors (Lipinski definition) is 1. The Labute approximate surface area is 118 Å². The fourth-order valence-electron chi connectivity index (χ4n) is 2.97. The molecule has 0 spiro atoms. The Balaban J connectivity index is 1.65. The van der Waals surface area contributed by atoms with E-state index in [0.717, 1.165) is 29.6 Å². The smallest absolute Gasteiger partial charge is 0.127 e. The third-order valence-corrected chi connectivity index (χ3v) is 3.99. The predicted octanol–water partition coefficient (Wildman–Crippen LogP) is 4.13. The van der Waals surface area contributed by atoms with Crippen molar-refractivity contribution < 1.29 is 0 Å². The summed E-state index contributed by atoms with van der Waals surface area (Å²) in [6, 6.07) is 22.2. The first-order valence-corrected chi connectivity index (χ1v) is 7.01. The van der Waals surface area contributed by atoms with Gasteiger partial charge in [0.25, 0.3) is 0 Å². The van der Waals surface area contributed by atoms with Crippen LogP contribution in [0.25, 0.3) is 10.9 Å². The van der Waals surface area contributed by atoms with Crippen molar-refractivity contribution in [3.63, 3.8) is 0 Å². The lowest BCUT2D eigenvalue weighted by atomic mass is 10.1. The summed E-state index contributed by atoms with van der Waals surface area (Å²) in [6.07, 6.45) is 2.29. The minimum Gasteiger partial charge on any atom is -0.363 e. The van der Waals surface area contributed by atoms with Crippen LogP contribution >= 0.6 is 0 Å². The monoisotopic (exact) mass is 259 g/mol. The van der Waals surface area contributed by atoms with Crippen LogP contribution in [0.2, 0.25) is 0 Å². The van der Waals surface area contributed by atoms with Gasteiger partial charge in [0.15, 0.2) is 0 Å². The third kappa shape index (κ3) is 1.94. The molecule has 0 fully saturated rings. The summed E-state index contributed by atoms with van der Waals surface area (Å²) in [5, 5.41) is 4.70. The first kappa shape index (κ1) is 11.5. The van der Waals surface area contributed by atoms with Crippen molar-refractivity contribution in [1.82, 2.24) is 4.98 Å². The van der Waals surface area contributed by atoms with Crippen LogP contribution in [0.5, 0.6) is 0 Å². The Kier molecular flexibility index (Phi) is 2.66. The molecule has 0 aliphatic heterocycles. The number of anilines is 1. The van der Waals surface area contributed by atoms with Gasteiger partial charge in [-0.25, -0.2) is 4.98 Å². The summed E-state index contributed by atoms with van der Waals surface area (Å²) in [5.74, 6) is 0.949. The van der Waals surface area contributed by atoms with E-state index in [1.807, 2.05) is 18.2 Å². The standard InChI is InChI=1S/C18H15N2/c1-3-7-15-13(5-1)9-11-17(15)20-18-12-10-14-6-2-4-8-16(14)19-18/h1,3-8,10,12,17H,9,11H2,(H,19,20)/t17-/m1/s1. The zero-order chi connectivity index (χ0) is 13.4. The Bertz CT molecular complexity index is 764. The quantitative estimate of drug-likeness (QED) is 0.748. The summed E-state index contributed by atoms with van der Waals surface area (Å²) >= 11 is 0. The van der Waals surface area contributed by atoms with Crippen LogP contribution in [0.1, 0.15) is 23.6 Å². The molecule has 2 nitrogen and oxygen atoms in total. The molecule has 0 saturated heterocycles. The summed E-state index contributed by atoms with van der Waals surface area (Å²) < 4.78 is 0. The molecule has 97 valence electrons. The molecule has 1 radical (unpaired) electrons. The van der Waals surface area contributed by atoms with Crippen molar-refractivity contribution in [2.75, 3.05) is 5.32 Å². The van der Waals surface area contributed by atoms with Gasteiger partial charge in [0.2, 0.25) is 0 Å². The van der Waals surface area contributed by atoms with Crippen molar-refractivity contribution in [3.8, 4) is 0 Å². The van der Waals surface area contributed by atoms with Crippen molar-refractivity contribution in [2.45, 2.75) is 18.9 Å². The highest BCUT2D eigenvalue weighted by molar-refractivity contribution is 5.79. The van der Waals surface area contributed by atoms with E-state index in [1.54, 1.807) is 0 Å². The molecule has 1 aliphatic rings. The average molecular weight is 259 g/mol. The Morgan fingerprint density at radius 3 is 3.05 bits per heavy atom. The Hall–Kier alpha value is -2.35. The Morgan fingerprint density at radius 1 is 1.10 bits per heavy atom. The number of rotatable bonds is 2. The predicted molar refractivity (Wildman–Crippen MR) is 81.7 cm³/mol. The molecule has 1 atom stereocenters. The van der Waals surface area contributed by atoms with Gasteiger partial charge in [-0.15, -0.1) is 0 Å². The maximum absolute atomic E-state index is 4.68. The lowest BCUT2D eigenvalue weighted by Crippen LogP contribution is -2.08. The summed E-state index contributed by atoms with van der Waals surface area (Å²) in [5.41, 5.74) is 3.89. The molecule has 2 aromatic carbocycles. The van der Waals surface area contributed by atoms with Crippen molar-refractivity contribution in [1.29, 1.82) is 0 Å². The van der Waals surface area contributed by atoms with E-state index in [2.05, 4.69) is 52.8 Å². The van der Waals surface area contributed by atoms with E-state index in [-0.39, 0.29) is 0 Å². The zero-order valence-electron chi connectivity index (χ0n) is 11.1. The van der Waals surface area contributed by atoms with E-state index in [9.17, 15) is 0 Å². The number of aromatic nitrogens is 1. The van der Waals surface area contributed by atoms with Crippen LogP contribution in [0.4, 0.5) is 5.82 Å². The van der Waals surface area contributed by atoms with Crippen molar-refractivity contribution >= 4 is 16.7 Å².